The third-order valence-corrected chi connectivity index (χ3v) is 4.84. The summed E-state index contributed by atoms with van der Waals surface area (Å²) in [6.45, 7) is 7.61. The molecule has 1 N–H and O–H groups in total. The predicted octanol–water partition coefficient (Wildman–Crippen LogP) is 3.77. The van der Waals surface area contributed by atoms with Crippen molar-refractivity contribution in [1.29, 1.82) is 0 Å². The normalized spacial score (nSPS) is 17.4. The van der Waals surface area contributed by atoms with Gasteiger partial charge in [-0.1, -0.05) is 51.1 Å². The zero-order chi connectivity index (χ0) is 18.7. The topological polar surface area (TPSA) is 49.4 Å². The molecule has 0 saturated carbocycles. The van der Waals surface area contributed by atoms with E-state index in [2.05, 4.69) is 26.1 Å². The zero-order valence-electron chi connectivity index (χ0n) is 15.7. The van der Waals surface area contributed by atoms with Gasteiger partial charge in [-0.3, -0.25) is 9.59 Å². The first kappa shape index (κ1) is 18.2. The molecule has 4 nitrogen and oxygen atoms in total. The van der Waals surface area contributed by atoms with E-state index in [0.29, 0.717) is 25.1 Å². The molecule has 2 aromatic carbocycles. The number of rotatable bonds is 4. The average molecular weight is 350 g/mol. The van der Waals surface area contributed by atoms with E-state index in [9.17, 15) is 9.59 Å². The predicted molar refractivity (Wildman–Crippen MR) is 104 cm³/mol. The van der Waals surface area contributed by atoms with E-state index in [1.54, 1.807) is 4.90 Å². The number of hydrogen-bond acceptors (Lipinski definition) is 2. The maximum absolute atomic E-state index is 12.4. The summed E-state index contributed by atoms with van der Waals surface area (Å²) in [7, 11) is 0. The highest BCUT2D eigenvalue weighted by Crippen LogP contribution is 2.25. The van der Waals surface area contributed by atoms with Gasteiger partial charge in [0, 0.05) is 36.7 Å². The SMILES string of the molecule is CC(C)(C)c1ccc(C(=O)NCC2CC(=O)N(c3ccccc3)C2)cc1. The molecular formula is C22H26N2O2. The smallest absolute Gasteiger partial charge is 0.251 e. The highest BCUT2D eigenvalue weighted by Gasteiger charge is 2.30. The maximum Gasteiger partial charge on any atom is 0.251 e. The van der Waals surface area contributed by atoms with E-state index < -0.39 is 0 Å². The number of benzene rings is 2. The van der Waals surface area contributed by atoms with Crippen LogP contribution < -0.4 is 10.2 Å². The molecule has 0 aromatic heterocycles. The molecule has 2 aromatic rings. The minimum Gasteiger partial charge on any atom is -0.352 e. The largest absolute Gasteiger partial charge is 0.352 e. The monoisotopic (exact) mass is 350 g/mol. The van der Waals surface area contributed by atoms with Gasteiger partial charge in [-0.25, -0.2) is 0 Å². The van der Waals surface area contributed by atoms with Crippen LogP contribution in [0.25, 0.3) is 0 Å². The van der Waals surface area contributed by atoms with E-state index in [1.807, 2.05) is 54.6 Å². The van der Waals surface area contributed by atoms with Gasteiger partial charge in [-0.05, 0) is 35.2 Å². The van der Waals surface area contributed by atoms with Crippen LogP contribution in [0.2, 0.25) is 0 Å². The number of carbonyl (C=O) groups excluding carboxylic acids is 2. The summed E-state index contributed by atoms with van der Waals surface area (Å²) in [4.78, 5) is 26.4. The first-order chi connectivity index (χ1) is 12.3. The minimum absolute atomic E-state index is 0.0696. The van der Waals surface area contributed by atoms with E-state index in [0.717, 1.165) is 5.69 Å². The third-order valence-electron chi connectivity index (χ3n) is 4.84. The summed E-state index contributed by atoms with van der Waals surface area (Å²) in [6.07, 6.45) is 0.470. The molecule has 1 aliphatic rings. The molecule has 4 heteroatoms. The molecule has 26 heavy (non-hydrogen) atoms. The standard InChI is InChI=1S/C22H26N2O2/c1-22(2,3)18-11-9-17(10-12-18)21(26)23-14-16-13-20(25)24(15-16)19-7-5-4-6-8-19/h4-12,16H,13-15H2,1-3H3,(H,23,26). The highest BCUT2D eigenvalue weighted by molar-refractivity contribution is 5.96. The third kappa shape index (κ3) is 4.13. The molecule has 1 atom stereocenters. The van der Waals surface area contributed by atoms with Crippen LogP contribution in [0.5, 0.6) is 0 Å². The Balaban J connectivity index is 1.56. The fraction of sp³-hybridized carbons (Fsp3) is 0.364. The lowest BCUT2D eigenvalue weighted by molar-refractivity contribution is -0.117. The Kier molecular flexibility index (Phi) is 5.12. The van der Waals surface area contributed by atoms with Crippen LogP contribution in [0.1, 0.15) is 43.1 Å². The Morgan fingerprint density at radius 3 is 2.35 bits per heavy atom. The molecule has 2 amide bonds. The Bertz CT molecular complexity index is 776. The van der Waals surface area contributed by atoms with Crippen LogP contribution >= 0.6 is 0 Å². The van der Waals surface area contributed by atoms with Crippen molar-refractivity contribution in [2.45, 2.75) is 32.6 Å². The van der Waals surface area contributed by atoms with E-state index in [-0.39, 0.29) is 23.1 Å². The number of amides is 2. The highest BCUT2D eigenvalue weighted by atomic mass is 16.2. The zero-order valence-corrected chi connectivity index (χ0v) is 15.7. The molecule has 3 rings (SSSR count). The van der Waals surface area contributed by atoms with Gasteiger partial charge in [0.25, 0.3) is 5.91 Å². The molecule has 0 aliphatic carbocycles. The minimum atomic E-state index is -0.0870. The average Bonchev–Trinajstić information content (AvgIpc) is 3.00. The van der Waals surface area contributed by atoms with Gasteiger partial charge in [0.1, 0.15) is 0 Å². The molecule has 1 unspecified atom stereocenters. The van der Waals surface area contributed by atoms with Crippen molar-refractivity contribution in [3.8, 4) is 0 Å². The lowest BCUT2D eigenvalue weighted by Crippen LogP contribution is -2.31. The summed E-state index contributed by atoms with van der Waals surface area (Å²) in [5.74, 6) is 0.168. The molecule has 1 saturated heterocycles. The number of para-hydroxylation sites is 1. The molecule has 0 radical (unpaired) electrons. The molecule has 0 spiro atoms. The van der Waals surface area contributed by atoms with Crippen molar-refractivity contribution in [3.63, 3.8) is 0 Å². The van der Waals surface area contributed by atoms with Crippen LogP contribution in [0, 0.1) is 5.92 Å². The summed E-state index contributed by atoms with van der Waals surface area (Å²) in [6, 6.07) is 17.4. The Labute approximate surface area is 155 Å². The van der Waals surface area contributed by atoms with Gasteiger partial charge in [0.05, 0.1) is 0 Å². The summed E-state index contributed by atoms with van der Waals surface area (Å²) >= 11 is 0. The molecule has 136 valence electrons. The number of anilines is 1. The number of nitrogens with one attached hydrogen (secondary N) is 1. The van der Waals surface area contributed by atoms with Crippen molar-refractivity contribution in [1.82, 2.24) is 5.32 Å². The van der Waals surface area contributed by atoms with Crippen LogP contribution in [0.4, 0.5) is 5.69 Å². The Morgan fingerprint density at radius 1 is 1.08 bits per heavy atom. The summed E-state index contributed by atoms with van der Waals surface area (Å²) < 4.78 is 0. The maximum atomic E-state index is 12.4. The first-order valence-electron chi connectivity index (χ1n) is 9.09. The van der Waals surface area contributed by atoms with Crippen molar-refractivity contribution >= 4 is 17.5 Å². The van der Waals surface area contributed by atoms with Crippen LogP contribution in [0.15, 0.2) is 54.6 Å². The number of nitrogens with zero attached hydrogens (tertiary/aromatic N) is 1. The second-order valence-electron chi connectivity index (χ2n) is 7.95. The Hall–Kier alpha value is -2.62. The van der Waals surface area contributed by atoms with Gasteiger partial charge < -0.3 is 10.2 Å². The van der Waals surface area contributed by atoms with Crippen molar-refractivity contribution in [3.05, 3.63) is 65.7 Å². The number of hydrogen-bond donors (Lipinski definition) is 1. The molecule has 1 fully saturated rings. The second-order valence-corrected chi connectivity index (χ2v) is 7.95. The fourth-order valence-corrected chi connectivity index (χ4v) is 3.24. The van der Waals surface area contributed by atoms with Gasteiger partial charge >= 0.3 is 0 Å². The summed E-state index contributed by atoms with van der Waals surface area (Å²) in [5.41, 5.74) is 2.85. The van der Waals surface area contributed by atoms with Crippen LogP contribution in [-0.2, 0) is 10.2 Å². The second kappa shape index (κ2) is 7.32. The van der Waals surface area contributed by atoms with Gasteiger partial charge in [-0.2, -0.15) is 0 Å². The lowest BCUT2D eigenvalue weighted by Gasteiger charge is -2.19. The van der Waals surface area contributed by atoms with Gasteiger partial charge in [0.15, 0.2) is 0 Å². The quantitative estimate of drug-likeness (QED) is 0.912. The molecule has 1 heterocycles. The van der Waals surface area contributed by atoms with E-state index in [4.69, 9.17) is 0 Å². The van der Waals surface area contributed by atoms with Crippen molar-refractivity contribution in [2.24, 2.45) is 5.92 Å². The molecular weight excluding hydrogens is 324 g/mol. The van der Waals surface area contributed by atoms with Crippen LogP contribution in [-0.4, -0.2) is 24.9 Å². The molecule has 0 bridgehead atoms. The van der Waals surface area contributed by atoms with E-state index >= 15 is 0 Å². The summed E-state index contributed by atoms with van der Waals surface area (Å²) in [5, 5.41) is 2.97. The first-order valence-corrected chi connectivity index (χ1v) is 9.09. The van der Waals surface area contributed by atoms with Crippen molar-refractivity contribution in [2.75, 3.05) is 18.0 Å². The lowest BCUT2D eigenvalue weighted by atomic mass is 9.87. The van der Waals surface area contributed by atoms with Gasteiger partial charge in [0.2, 0.25) is 5.91 Å². The van der Waals surface area contributed by atoms with Gasteiger partial charge in [-0.15, -0.1) is 0 Å². The Morgan fingerprint density at radius 2 is 1.73 bits per heavy atom. The van der Waals surface area contributed by atoms with Crippen LogP contribution in [0.3, 0.4) is 0 Å². The molecule has 1 aliphatic heterocycles. The van der Waals surface area contributed by atoms with Crippen molar-refractivity contribution < 1.29 is 9.59 Å². The number of carbonyl (C=O) groups is 2. The fourth-order valence-electron chi connectivity index (χ4n) is 3.24. The van der Waals surface area contributed by atoms with E-state index in [1.165, 1.54) is 5.56 Å².